The van der Waals surface area contributed by atoms with Gasteiger partial charge in [0.05, 0.1) is 6.61 Å². The molecule has 0 aliphatic heterocycles. The summed E-state index contributed by atoms with van der Waals surface area (Å²) in [6.45, 7) is 6.16. The van der Waals surface area contributed by atoms with E-state index in [0.29, 0.717) is 6.61 Å². The van der Waals surface area contributed by atoms with E-state index < -0.39 is 6.10 Å². The largest absolute Gasteiger partial charge is 0.367 e. The Kier molecular flexibility index (Phi) is 6.09. The van der Waals surface area contributed by atoms with Crippen molar-refractivity contribution in [3.05, 3.63) is 0 Å². The maximum Gasteiger partial charge on any atom is 0.249 e. The van der Waals surface area contributed by atoms with Crippen molar-refractivity contribution in [1.29, 1.82) is 0 Å². The number of amides is 1. The highest BCUT2D eigenvalue weighted by Crippen LogP contribution is 2.25. The van der Waals surface area contributed by atoms with Crippen LogP contribution in [0.5, 0.6) is 0 Å². The number of nitrogens with two attached hydrogens (primary N) is 1. The molecule has 0 bridgehead atoms. The summed E-state index contributed by atoms with van der Waals surface area (Å²) >= 11 is 0. The quantitative estimate of drug-likeness (QED) is 0.739. The Bertz CT molecular complexity index is 259. The van der Waals surface area contributed by atoms with Crippen LogP contribution in [-0.2, 0) is 9.53 Å². The molecular formula is C14H28N2O2. The smallest absolute Gasteiger partial charge is 0.249 e. The lowest BCUT2D eigenvalue weighted by Gasteiger charge is -2.29. The lowest BCUT2D eigenvalue weighted by Crippen LogP contribution is -2.47. The molecule has 1 atom stereocenters. The fraction of sp³-hybridized carbons (Fsp3) is 0.929. The molecule has 0 aromatic heterocycles. The van der Waals surface area contributed by atoms with Gasteiger partial charge in [0.25, 0.3) is 0 Å². The zero-order valence-electron chi connectivity index (χ0n) is 12.0. The summed E-state index contributed by atoms with van der Waals surface area (Å²) in [5.41, 5.74) is 6.12. The highest BCUT2D eigenvalue weighted by molar-refractivity contribution is 5.80. The Labute approximate surface area is 111 Å². The molecule has 1 amide bonds. The summed E-state index contributed by atoms with van der Waals surface area (Å²) < 4.78 is 5.67. The number of hydrogen-bond acceptors (Lipinski definition) is 3. The molecule has 106 valence electrons. The topological polar surface area (TPSA) is 64.3 Å². The van der Waals surface area contributed by atoms with Gasteiger partial charge in [0, 0.05) is 11.6 Å². The van der Waals surface area contributed by atoms with Gasteiger partial charge in [0.15, 0.2) is 0 Å². The van der Waals surface area contributed by atoms with E-state index in [9.17, 15) is 4.79 Å². The van der Waals surface area contributed by atoms with E-state index in [4.69, 9.17) is 10.5 Å². The fourth-order valence-electron chi connectivity index (χ4n) is 2.35. The minimum Gasteiger partial charge on any atom is -0.367 e. The highest BCUT2D eigenvalue weighted by Gasteiger charge is 2.28. The zero-order valence-corrected chi connectivity index (χ0v) is 12.0. The molecule has 0 heterocycles. The third-order valence-corrected chi connectivity index (χ3v) is 3.52. The van der Waals surface area contributed by atoms with Gasteiger partial charge in [-0.3, -0.25) is 4.79 Å². The van der Waals surface area contributed by atoms with Crippen molar-refractivity contribution < 1.29 is 9.53 Å². The molecule has 0 saturated heterocycles. The fourth-order valence-corrected chi connectivity index (χ4v) is 2.35. The van der Waals surface area contributed by atoms with Gasteiger partial charge in [-0.1, -0.05) is 25.7 Å². The second-order valence-electron chi connectivity index (χ2n) is 5.89. The first-order valence-electron chi connectivity index (χ1n) is 7.14. The molecule has 4 heteroatoms. The molecule has 1 fully saturated rings. The van der Waals surface area contributed by atoms with E-state index in [2.05, 4.69) is 5.32 Å². The van der Waals surface area contributed by atoms with Crippen molar-refractivity contribution in [2.45, 2.75) is 77.0 Å². The van der Waals surface area contributed by atoms with E-state index in [-0.39, 0.29) is 17.5 Å². The van der Waals surface area contributed by atoms with Gasteiger partial charge in [-0.25, -0.2) is 0 Å². The van der Waals surface area contributed by atoms with Crippen LogP contribution >= 0.6 is 0 Å². The van der Waals surface area contributed by atoms with Gasteiger partial charge in [0.1, 0.15) is 6.10 Å². The van der Waals surface area contributed by atoms with Crippen LogP contribution in [0.15, 0.2) is 0 Å². The van der Waals surface area contributed by atoms with Crippen LogP contribution in [0.3, 0.4) is 0 Å². The van der Waals surface area contributed by atoms with Crippen molar-refractivity contribution in [2.75, 3.05) is 6.61 Å². The second-order valence-corrected chi connectivity index (χ2v) is 5.89. The van der Waals surface area contributed by atoms with Gasteiger partial charge >= 0.3 is 0 Å². The first-order chi connectivity index (χ1) is 8.43. The Morgan fingerprint density at radius 3 is 2.28 bits per heavy atom. The van der Waals surface area contributed by atoms with Crippen LogP contribution in [-0.4, -0.2) is 30.2 Å². The van der Waals surface area contributed by atoms with Crippen LogP contribution in [0.4, 0.5) is 0 Å². The van der Waals surface area contributed by atoms with E-state index in [1.54, 1.807) is 6.92 Å². The first kappa shape index (κ1) is 15.4. The number of hydrogen-bond donors (Lipinski definition) is 2. The summed E-state index contributed by atoms with van der Waals surface area (Å²) in [6, 6.07) is 0.147. The molecule has 3 N–H and O–H groups in total. The van der Waals surface area contributed by atoms with Crippen molar-refractivity contribution in [3.63, 3.8) is 0 Å². The number of carbonyl (C=O) groups is 1. The summed E-state index contributed by atoms with van der Waals surface area (Å²) in [5.74, 6) is -0.0535. The van der Waals surface area contributed by atoms with E-state index in [1.807, 2.05) is 13.8 Å². The van der Waals surface area contributed by atoms with Crippen LogP contribution < -0.4 is 11.1 Å². The van der Waals surface area contributed by atoms with E-state index >= 15 is 0 Å². The van der Waals surface area contributed by atoms with Crippen LogP contribution in [0.25, 0.3) is 0 Å². The SMILES string of the molecule is CC(C)NC(=O)C(C)OCC1(N)CCCCCC1. The number of rotatable bonds is 5. The predicted molar refractivity (Wildman–Crippen MR) is 73.3 cm³/mol. The second kappa shape index (κ2) is 7.10. The minimum absolute atomic E-state index is 0.0535. The standard InChI is InChI=1S/C14H28N2O2/c1-11(2)16-13(17)12(3)18-10-14(15)8-6-4-5-7-9-14/h11-12H,4-10,15H2,1-3H3,(H,16,17). The van der Waals surface area contributed by atoms with Crippen LogP contribution in [0, 0.1) is 0 Å². The summed E-state index contributed by atoms with van der Waals surface area (Å²) in [7, 11) is 0. The van der Waals surface area contributed by atoms with E-state index in [0.717, 1.165) is 12.8 Å². The molecule has 18 heavy (non-hydrogen) atoms. The normalized spacial score (nSPS) is 21.4. The minimum atomic E-state index is -0.420. The monoisotopic (exact) mass is 256 g/mol. The predicted octanol–water partition coefficient (Wildman–Crippen LogP) is 1.97. The Morgan fingerprint density at radius 2 is 1.78 bits per heavy atom. The number of ether oxygens (including phenoxy) is 1. The molecule has 0 aromatic carbocycles. The van der Waals surface area contributed by atoms with Gasteiger partial charge in [0.2, 0.25) is 5.91 Å². The molecule has 4 nitrogen and oxygen atoms in total. The summed E-state index contributed by atoms with van der Waals surface area (Å²) in [4.78, 5) is 11.7. The Balaban J connectivity index is 2.36. The first-order valence-corrected chi connectivity index (χ1v) is 7.14. The van der Waals surface area contributed by atoms with Crippen molar-refractivity contribution >= 4 is 5.91 Å². The van der Waals surface area contributed by atoms with Crippen molar-refractivity contribution in [3.8, 4) is 0 Å². The lowest BCUT2D eigenvalue weighted by molar-refractivity contribution is -0.133. The number of carbonyl (C=O) groups excluding carboxylic acids is 1. The third kappa shape index (κ3) is 5.36. The van der Waals surface area contributed by atoms with Gasteiger partial charge in [-0.15, -0.1) is 0 Å². The molecule has 1 rings (SSSR count). The maximum absolute atomic E-state index is 11.7. The van der Waals surface area contributed by atoms with Gasteiger partial charge < -0.3 is 15.8 Å². The van der Waals surface area contributed by atoms with E-state index in [1.165, 1.54) is 25.7 Å². The number of nitrogens with one attached hydrogen (secondary N) is 1. The highest BCUT2D eigenvalue weighted by atomic mass is 16.5. The molecule has 1 unspecified atom stereocenters. The Morgan fingerprint density at radius 1 is 1.22 bits per heavy atom. The molecule has 0 radical (unpaired) electrons. The molecule has 0 spiro atoms. The van der Waals surface area contributed by atoms with Crippen LogP contribution in [0.2, 0.25) is 0 Å². The average Bonchev–Trinajstić information content (AvgIpc) is 2.51. The van der Waals surface area contributed by atoms with Gasteiger partial charge in [-0.05, 0) is 33.6 Å². The van der Waals surface area contributed by atoms with Gasteiger partial charge in [-0.2, -0.15) is 0 Å². The third-order valence-electron chi connectivity index (χ3n) is 3.52. The van der Waals surface area contributed by atoms with Crippen LogP contribution in [0.1, 0.15) is 59.3 Å². The lowest BCUT2D eigenvalue weighted by atomic mass is 9.92. The summed E-state index contributed by atoms with van der Waals surface area (Å²) in [5, 5.41) is 2.85. The maximum atomic E-state index is 11.7. The van der Waals surface area contributed by atoms with Crippen molar-refractivity contribution in [1.82, 2.24) is 5.32 Å². The van der Waals surface area contributed by atoms with Crippen molar-refractivity contribution in [2.24, 2.45) is 5.73 Å². The molecule has 1 saturated carbocycles. The molecule has 1 aliphatic carbocycles. The molecule has 1 aliphatic rings. The molecule has 0 aromatic rings. The average molecular weight is 256 g/mol. The Hall–Kier alpha value is -0.610. The molecular weight excluding hydrogens is 228 g/mol. The summed E-state index contributed by atoms with van der Waals surface area (Å²) in [6.07, 6.45) is 6.47. The zero-order chi connectivity index (χ0) is 13.6.